The van der Waals surface area contributed by atoms with Crippen LogP contribution in [-0.2, 0) is 22.4 Å². The van der Waals surface area contributed by atoms with E-state index in [0.717, 1.165) is 11.1 Å². The molecule has 3 rings (SSSR count). The highest BCUT2D eigenvalue weighted by Gasteiger charge is 2.37. The van der Waals surface area contributed by atoms with E-state index in [1.54, 1.807) is 24.3 Å². The molecule has 0 aliphatic carbocycles. The van der Waals surface area contributed by atoms with Crippen LogP contribution >= 0.6 is 12.4 Å². The van der Waals surface area contributed by atoms with Crippen LogP contribution in [-0.4, -0.2) is 38.0 Å². The van der Waals surface area contributed by atoms with Crippen LogP contribution in [0, 0.1) is 23.5 Å². The smallest absolute Gasteiger partial charge is 0.225 e. The van der Waals surface area contributed by atoms with Gasteiger partial charge >= 0.3 is 0 Å². The molecule has 0 saturated carbocycles. The van der Waals surface area contributed by atoms with Crippen LogP contribution in [0.1, 0.15) is 11.1 Å². The third-order valence-electron chi connectivity index (χ3n) is 5.09. The van der Waals surface area contributed by atoms with Crippen LogP contribution in [0.15, 0.2) is 48.5 Å². The van der Waals surface area contributed by atoms with Gasteiger partial charge in [0.15, 0.2) is 0 Å². The minimum atomic E-state index is -0.448. The van der Waals surface area contributed by atoms with E-state index < -0.39 is 11.8 Å². The lowest BCUT2D eigenvalue weighted by Crippen LogP contribution is -2.42. The SMILES string of the molecule is Cl.O=C(NCCc1cccc(F)c1)[C@H]1CNC[C@@H]1C(=O)NCCc1cccc(F)c1. The number of hydrogen-bond acceptors (Lipinski definition) is 3. The predicted octanol–water partition coefficient (Wildman–Crippen LogP) is 2.24. The Morgan fingerprint density at radius 1 is 0.833 bits per heavy atom. The van der Waals surface area contributed by atoms with Crippen LogP contribution in [0.25, 0.3) is 0 Å². The standard InChI is InChI=1S/C22H25F2N3O2.ClH/c23-17-5-1-3-15(11-17)7-9-26-21(28)19-13-25-14-20(19)22(29)27-10-8-16-4-2-6-18(24)12-16;/h1-6,11-12,19-20,25H,7-10,13-14H2,(H,26,28)(H,27,29);1H/t19-,20-;/m0./s1. The Kier molecular flexibility index (Phi) is 9.20. The van der Waals surface area contributed by atoms with E-state index in [9.17, 15) is 18.4 Å². The first-order valence-electron chi connectivity index (χ1n) is 9.78. The Hall–Kier alpha value is -2.51. The van der Waals surface area contributed by atoms with Crippen molar-refractivity contribution in [3.63, 3.8) is 0 Å². The molecule has 162 valence electrons. The van der Waals surface area contributed by atoms with Gasteiger partial charge in [0, 0.05) is 26.2 Å². The lowest BCUT2D eigenvalue weighted by atomic mass is 9.94. The van der Waals surface area contributed by atoms with Gasteiger partial charge in [-0.15, -0.1) is 12.4 Å². The molecule has 1 saturated heterocycles. The van der Waals surface area contributed by atoms with Gasteiger partial charge in [-0.1, -0.05) is 24.3 Å². The van der Waals surface area contributed by atoms with Crippen molar-refractivity contribution in [3.05, 3.63) is 71.3 Å². The average Bonchev–Trinajstić information content (AvgIpc) is 3.18. The Labute approximate surface area is 181 Å². The van der Waals surface area contributed by atoms with Crippen molar-refractivity contribution in [2.24, 2.45) is 11.8 Å². The van der Waals surface area contributed by atoms with Crippen molar-refractivity contribution < 1.29 is 18.4 Å². The number of halogens is 3. The lowest BCUT2D eigenvalue weighted by molar-refractivity contribution is -0.132. The van der Waals surface area contributed by atoms with Gasteiger partial charge < -0.3 is 16.0 Å². The van der Waals surface area contributed by atoms with Crippen LogP contribution < -0.4 is 16.0 Å². The van der Waals surface area contributed by atoms with E-state index in [0.29, 0.717) is 39.0 Å². The molecule has 0 unspecified atom stereocenters. The highest BCUT2D eigenvalue weighted by atomic mass is 35.5. The van der Waals surface area contributed by atoms with Crippen molar-refractivity contribution in [1.82, 2.24) is 16.0 Å². The van der Waals surface area contributed by atoms with Gasteiger partial charge in [0.05, 0.1) is 11.8 Å². The molecule has 1 fully saturated rings. The molecule has 8 heteroatoms. The van der Waals surface area contributed by atoms with Gasteiger partial charge in [-0.05, 0) is 48.2 Å². The Bertz CT molecular complexity index is 796. The minimum absolute atomic E-state index is 0. The number of carbonyl (C=O) groups is 2. The molecule has 1 heterocycles. The summed E-state index contributed by atoms with van der Waals surface area (Å²) in [6.07, 6.45) is 1.04. The molecule has 3 N–H and O–H groups in total. The summed E-state index contributed by atoms with van der Waals surface area (Å²) in [6.45, 7) is 1.64. The van der Waals surface area contributed by atoms with Crippen LogP contribution in [0.5, 0.6) is 0 Å². The van der Waals surface area contributed by atoms with E-state index in [2.05, 4.69) is 16.0 Å². The second-order valence-corrected chi connectivity index (χ2v) is 7.21. The molecule has 0 aromatic heterocycles. The van der Waals surface area contributed by atoms with E-state index in [4.69, 9.17) is 0 Å². The monoisotopic (exact) mass is 437 g/mol. The second kappa shape index (κ2) is 11.6. The third-order valence-corrected chi connectivity index (χ3v) is 5.09. The molecule has 2 atom stereocenters. The molecule has 0 bridgehead atoms. The zero-order chi connectivity index (χ0) is 20.6. The van der Waals surface area contributed by atoms with Crippen LogP contribution in [0.4, 0.5) is 8.78 Å². The number of nitrogens with one attached hydrogen (secondary N) is 3. The van der Waals surface area contributed by atoms with Gasteiger partial charge in [0.1, 0.15) is 11.6 Å². The summed E-state index contributed by atoms with van der Waals surface area (Å²) in [7, 11) is 0. The van der Waals surface area contributed by atoms with Gasteiger partial charge in [0.25, 0.3) is 0 Å². The van der Waals surface area contributed by atoms with Gasteiger partial charge in [-0.25, -0.2) is 8.78 Å². The summed E-state index contributed by atoms with van der Waals surface area (Å²) in [4.78, 5) is 25.0. The molecule has 1 aliphatic heterocycles. The maximum atomic E-state index is 13.2. The number of benzene rings is 2. The van der Waals surface area contributed by atoms with Gasteiger partial charge in [-0.2, -0.15) is 0 Å². The van der Waals surface area contributed by atoms with Crippen molar-refractivity contribution in [2.75, 3.05) is 26.2 Å². The number of carbonyl (C=O) groups excluding carboxylic acids is 2. The third kappa shape index (κ3) is 6.78. The highest BCUT2D eigenvalue weighted by molar-refractivity contribution is 5.88. The first-order valence-corrected chi connectivity index (χ1v) is 9.78. The fourth-order valence-corrected chi connectivity index (χ4v) is 3.54. The van der Waals surface area contributed by atoms with Crippen LogP contribution in [0.3, 0.4) is 0 Å². The molecule has 2 aromatic rings. The number of amides is 2. The first kappa shape index (κ1) is 23.8. The molecule has 5 nitrogen and oxygen atoms in total. The maximum absolute atomic E-state index is 13.2. The second-order valence-electron chi connectivity index (χ2n) is 7.21. The fourth-order valence-electron chi connectivity index (χ4n) is 3.54. The number of rotatable bonds is 8. The fraction of sp³-hybridized carbons (Fsp3) is 0.364. The molecular weight excluding hydrogens is 412 g/mol. The zero-order valence-electron chi connectivity index (χ0n) is 16.5. The molecule has 0 radical (unpaired) electrons. The summed E-state index contributed by atoms with van der Waals surface area (Å²) in [5, 5.41) is 8.78. The van der Waals surface area contributed by atoms with Gasteiger partial charge in [-0.3, -0.25) is 9.59 Å². The molecular formula is C22H26ClF2N3O2. The predicted molar refractivity (Wildman–Crippen MR) is 113 cm³/mol. The quantitative estimate of drug-likeness (QED) is 0.593. The summed E-state index contributed by atoms with van der Waals surface area (Å²) < 4.78 is 26.4. The Morgan fingerprint density at radius 2 is 1.27 bits per heavy atom. The van der Waals surface area contributed by atoms with Crippen molar-refractivity contribution in [1.29, 1.82) is 0 Å². The van der Waals surface area contributed by atoms with Gasteiger partial charge in [0.2, 0.25) is 11.8 Å². The van der Waals surface area contributed by atoms with E-state index in [1.807, 2.05) is 0 Å². The summed E-state index contributed by atoms with van der Waals surface area (Å²) in [6, 6.07) is 12.5. The Balaban J connectivity index is 0.00000320. The van der Waals surface area contributed by atoms with Crippen molar-refractivity contribution in [2.45, 2.75) is 12.8 Å². The molecule has 2 aromatic carbocycles. The summed E-state index contributed by atoms with van der Waals surface area (Å²) in [5.41, 5.74) is 1.61. The topological polar surface area (TPSA) is 70.2 Å². The molecule has 30 heavy (non-hydrogen) atoms. The van der Waals surface area contributed by atoms with Crippen molar-refractivity contribution in [3.8, 4) is 0 Å². The molecule has 2 amide bonds. The lowest BCUT2D eigenvalue weighted by Gasteiger charge is -2.18. The van der Waals surface area contributed by atoms with Crippen LogP contribution in [0.2, 0.25) is 0 Å². The Morgan fingerprint density at radius 3 is 1.67 bits per heavy atom. The average molecular weight is 438 g/mol. The molecule has 0 spiro atoms. The van der Waals surface area contributed by atoms with E-state index in [-0.39, 0.29) is 35.9 Å². The van der Waals surface area contributed by atoms with Crippen molar-refractivity contribution >= 4 is 24.2 Å². The maximum Gasteiger partial charge on any atom is 0.225 e. The minimum Gasteiger partial charge on any atom is -0.355 e. The molecule has 1 aliphatic rings. The van der Waals surface area contributed by atoms with E-state index >= 15 is 0 Å². The van der Waals surface area contributed by atoms with E-state index in [1.165, 1.54) is 24.3 Å². The number of hydrogen-bond donors (Lipinski definition) is 3. The summed E-state index contributed by atoms with van der Waals surface area (Å²) >= 11 is 0. The largest absolute Gasteiger partial charge is 0.355 e. The summed E-state index contributed by atoms with van der Waals surface area (Å²) in [5.74, 6) is -1.87. The zero-order valence-corrected chi connectivity index (χ0v) is 17.3. The normalized spacial score (nSPS) is 17.8. The highest BCUT2D eigenvalue weighted by Crippen LogP contribution is 2.17. The first-order chi connectivity index (χ1) is 14.0.